The highest BCUT2D eigenvalue weighted by atomic mass is 32.7. The van der Waals surface area contributed by atoms with Crippen LogP contribution in [0.15, 0.2) is 0 Å². The SMILES string of the molecule is CC(O)C(N)SP(=O)(O)O. The van der Waals surface area contributed by atoms with E-state index in [1.807, 2.05) is 0 Å². The molecule has 7 heteroatoms. The van der Waals surface area contributed by atoms with Crippen LogP contribution in [0.2, 0.25) is 0 Å². The molecule has 0 aliphatic rings. The normalized spacial score (nSPS) is 18.5. The third-order valence-corrected chi connectivity index (χ3v) is 3.20. The number of hydrogen-bond acceptors (Lipinski definition) is 4. The molecule has 0 heterocycles. The number of hydrogen-bond donors (Lipinski definition) is 4. The zero-order valence-corrected chi connectivity index (χ0v) is 7.05. The maximum absolute atomic E-state index is 10.2. The fraction of sp³-hybridized carbons (Fsp3) is 1.00. The van der Waals surface area contributed by atoms with Crippen LogP contribution < -0.4 is 5.73 Å². The van der Waals surface area contributed by atoms with Crippen LogP contribution in [0.1, 0.15) is 6.92 Å². The second kappa shape index (κ2) is 3.71. The molecule has 62 valence electrons. The number of rotatable bonds is 3. The predicted molar refractivity (Wildman–Crippen MR) is 39.3 cm³/mol. The summed E-state index contributed by atoms with van der Waals surface area (Å²) in [6, 6.07) is 0. The molecule has 0 bridgehead atoms. The molecule has 0 aromatic heterocycles. The lowest BCUT2D eigenvalue weighted by atomic mass is 10.4. The van der Waals surface area contributed by atoms with Gasteiger partial charge in [-0.05, 0) is 18.3 Å². The summed E-state index contributed by atoms with van der Waals surface area (Å²) in [6.45, 7) is -2.78. The summed E-state index contributed by atoms with van der Waals surface area (Å²) in [6.07, 6.45) is -0.919. The monoisotopic (exact) mass is 187 g/mol. The lowest BCUT2D eigenvalue weighted by Crippen LogP contribution is -2.28. The summed E-state index contributed by atoms with van der Waals surface area (Å²) < 4.78 is 10.2. The van der Waals surface area contributed by atoms with E-state index in [1.54, 1.807) is 0 Å². The Morgan fingerprint density at radius 3 is 2.10 bits per heavy atom. The lowest BCUT2D eigenvalue weighted by Gasteiger charge is -2.13. The smallest absolute Gasteiger partial charge is 0.385 e. The van der Waals surface area contributed by atoms with Crippen molar-refractivity contribution in [2.45, 2.75) is 18.4 Å². The lowest BCUT2D eigenvalue weighted by molar-refractivity contribution is 0.193. The largest absolute Gasteiger partial charge is 0.391 e. The summed E-state index contributed by atoms with van der Waals surface area (Å²) in [7, 11) is 0. The van der Waals surface area contributed by atoms with Crippen molar-refractivity contribution in [3.63, 3.8) is 0 Å². The molecule has 0 radical (unpaired) electrons. The average molecular weight is 187 g/mol. The molecule has 2 atom stereocenters. The molecule has 0 saturated heterocycles. The van der Waals surface area contributed by atoms with Gasteiger partial charge in [0.2, 0.25) is 0 Å². The third kappa shape index (κ3) is 5.22. The van der Waals surface area contributed by atoms with Gasteiger partial charge >= 0.3 is 6.80 Å². The van der Waals surface area contributed by atoms with Crippen LogP contribution in [0.5, 0.6) is 0 Å². The van der Waals surface area contributed by atoms with E-state index >= 15 is 0 Å². The molecule has 10 heavy (non-hydrogen) atoms. The molecule has 0 spiro atoms. The van der Waals surface area contributed by atoms with Gasteiger partial charge in [-0.3, -0.25) is 0 Å². The van der Waals surface area contributed by atoms with Crippen LogP contribution in [0, 0.1) is 0 Å². The molecule has 0 saturated carbocycles. The quantitative estimate of drug-likeness (QED) is 0.350. The van der Waals surface area contributed by atoms with Gasteiger partial charge in [0.05, 0.1) is 11.5 Å². The van der Waals surface area contributed by atoms with E-state index in [9.17, 15) is 4.57 Å². The first-order chi connectivity index (χ1) is 4.33. The number of nitrogens with two attached hydrogens (primary N) is 1. The molecule has 5 nitrogen and oxygen atoms in total. The van der Waals surface area contributed by atoms with E-state index in [-0.39, 0.29) is 11.4 Å². The Kier molecular flexibility index (Phi) is 3.86. The van der Waals surface area contributed by atoms with E-state index in [0.29, 0.717) is 0 Å². The van der Waals surface area contributed by atoms with Gasteiger partial charge in [-0.15, -0.1) is 0 Å². The highest BCUT2D eigenvalue weighted by molar-refractivity contribution is 8.54. The second-order valence-corrected chi connectivity index (χ2v) is 5.60. The van der Waals surface area contributed by atoms with Crippen molar-refractivity contribution in [2.24, 2.45) is 5.73 Å². The predicted octanol–water partition coefficient (Wildman–Crippen LogP) is -0.522. The summed E-state index contributed by atoms with van der Waals surface area (Å²) >= 11 is 0.259. The van der Waals surface area contributed by atoms with Crippen molar-refractivity contribution < 1.29 is 19.5 Å². The van der Waals surface area contributed by atoms with Crippen molar-refractivity contribution in [2.75, 3.05) is 0 Å². The molecule has 0 aliphatic heterocycles. The molecule has 0 aliphatic carbocycles. The Labute approximate surface area is 62.5 Å². The summed E-state index contributed by atoms with van der Waals surface area (Å²) in [5, 5.41) is 7.77. The second-order valence-electron chi connectivity index (χ2n) is 1.80. The Balaban J connectivity index is 3.80. The van der Waals surface area contributed by atoms with Gasteiger partial charge in [-0.2, -0.15) is 0 Å². The minimum Gasteiger partial charge on any atom is -0.391 e. The molecule has 0 aromatic rings. The van der Waals surface area contributed by atoms with Crippen molar-refractivity contribution in [1.29, 1.82) is 0 Å². The van der Waals surface area contributed by atoms with Gasteiger partial charge in [0.15, 0.2) is 0 Å². The van der Waals surface area contributed by atoms with Crippen LogP contribution in [0.4, 0.5) is 0 Å². The first kappa shape index (κ1) is 10.4. The molecule has 0 fully saturated rings. The van der Waals surface area contributed by atoms with Crippen molar-refractivity contribution in [3.05, 3.63) is 0 Å². The van der Waals surface area contributed by atoms with Crippen molar-refractivity contribution in [3.8, 4) is 0 Å². The summed E-state index contributed by atoms with van der Waals surface area (Å²) in [5.41, 5.74) is 5.12. The first-order valence-electron chi connectivity index (χ1n) is 2.50. The summed E-state index contributed by atoms with van der Waals surface area (Å²) in [5.74, 6) is 0. The Bertz CT molecular complexity index is 145. The zero-order valence-electron chi connectivity index (χ0n) is 5.34. The molecule has 0 aromatic carbocycles. The van der Waals surface area contributed by atoms with Gasteiger partial charge < -0.3 is 20.6 Å². The molecular weight excluding hydrogens is 177 g/mol. The van der Waals surface area contributed by atoms with E-state index in [1.165, 1.54) is 6.92 Å². The summed E-state index contributed by atoms with van der Waals surface area (Å²) in [4.78, 5) is 16.6. The number of aliphatic hydroxyl groups is 1. The van der Waals surface area contributed by atoms with Crippen molar-refractivity contribution in [1.82, 2.24) is 0 Å². The van der Waals surface area contributed by atoms with Gasteiger partial charge in [0.1, 0.15) is 0 Å². The third-order valence-electron chi connectivity index (χ3n) is 0.734. The molecule has 0 amide bonds. The van der Waals surface area contributed by atoms with E-state index < -0.39 is 18.3 Å². The maximum atomic E-state index is 10.2. The van der Waals surface area contributed by atoms with Crippen LogP contribution in [-0.2, 0) is 4.57 Å². The average Bonchev–Trinajstić information content (AvgIpc) is 1.60. The Morgan fingerprint density at radius 1 is 1.60 bits per heavy atom. The molecular formula is C3H10NO4PS. The fourth-order valence-electron chi connectivity index (χ4n) is 0.247. The van der Waals surface area contributed by atoms with Crippen LogP contribution in [0.3, 0.4) is 0 Å². The minimum absolute atomic E-state index is 0.259. The van der Waals surface area contributed by atoms with Gasteiger partial charge in [-0.1, -0.05) is 0 Å². The van der Waals surface area contributed by atoms with Crippen LogP contribution in [0.25, 0.3) is 0 Å². The Hall–Kier alpha value is 0.420. The van der Waals surface area contributed by atoms with Crippen LogP contribution >= 0.6 is 18.2 Å². The number of aliphatic hydroxyl groups excluding tert-OH is 1. The van der Waals surface area contributed by atoms with Gasteiger partial charge in [-0.25, -0.2) is 4.57 Å². The highest BCUT2D eigenvalue weighted by Gasteiger charge is 2.22. The maximum Gasteiger partial charge on any atom is 0.385 e. The Morgan fingerprint density at radius 2 is 2.00 bits per heavy atom. The molecule has 2 unspecified atom stereocenters. The van der Waals surface area contributed by atoms with Crippen molar-refractivity contribution >= 4 is 18.2 Å². The standard InChI is InChI=1S/C3H10NO4PS/c1-2(5)3(4)10-9(6,7)8/h2-3,5H,4H2,1H3,(H2,6,7,8). The highest BCUT2D eigenvalue weighted by Crippen LogP contribution is 2.51. The molecule has 5 N–H and O–H groups in total. The first-order valence-corrected chi connectivity index (χ1v) is 5.60. The van der Waals surface area contributed by atoms with E-state index in [4.69, 9.17) is 20.6 Å². The topological polar surface area (TPSA) is 104 Å². The molecule has 0 rings (SSSR count). The zero-order chi connectivity index (χ0) is 8.36. The van der Waals surface area contributed by atoms with Gasteiger partial charge in [0.25, 0.3) is 0 Å². The van der Waals surface area contributed by atoms with E-state index in [0.717, 1.165) is 0 Å². The van der Waals surface area contributed by atoms with Gasteiger partial charge in [0, 0.05) is 0 Å². The minimum atomic E-state index is -4.14. The fourth-order valence-corrected chi connectivity index (χ4v) is 2.22. The van der Waals surface area contributed by atoms with E-state index in [2.05, 4.69) is 0 Å². The van der Waals surface area contributed by atoms with Crippen LogP contribution in [-0.4, -0.2) is 26.4 Å².